The highest BCUT2D eigenvalue weighted by Gasteiger charge is 2.69. The molecule has 4 aliphatic carbocycles. The maximum Gasteiger partial charge on any atom is 0.299 e. The van der Waals surface area contributed by atoms with Crippen LogP contribution in [-0.4, -0.2) is 44.9 Å². The Morgan fingerprint density at radius 1 is 1.30 bits per heavy atom. The molecule has 0 saturated heterocycles. The number of nitrogens with zero attached hydrogens (tertiary/aromatic N) is 1. The van der Waals surface area contributed by atoms with Gasteiger partial charge in [-0.25, -0.2) is 0 Å². The van der Waals surface area contributed by atoms with Crippen molar-refractivity contribution >= 4 is 17.3 Å². The Balaban J connectivity index is 1.79. The van der Waals surface area contributed by atoms with Crippen LogP contribution in [-0.2, 0) is 19.2 Å². The Hall–Kier alpha value is -2.39. The molecule has 0 heterocycles. The molecule has 0 aromatic heterocycles. The van der Waals surface area contributed by atoms with Crippen LogP contribution in [0.4, 0.5) is 0 Å². The van der Waals surface area contributed by atoms with Gasteiger partial charge in [-0.3, -0.25) is 19.2 Å². The third-order valence-electron chi connectivity index (χ3n) is 8.33. The monoisotopic (exact) mass is 419 g/mol. The molecule has 9 heteroatoms. The lowest BCUT2D eigenvalue weighted by Crippen LogP contribution is -2.61. The minimum Gasteiger partial charge on any atom is -0.388 e. The molecule has 0 amide bonds. The number of hydrogen-bond acceptors (Lipinski definition) is 8. The van der Waals surface area contributed by atoms with E-state index >= 15 is 0 Å². The number of hydrogen-bond donors (Lipinski definition) is 2. The van der Waals surface area contributed by atoms with Crippen molar-refractivity contribution in [3.8, 4) is 0 Å². The van der Waals surface area contributed by atoms with E-state index in [1.165, 1.54) is 6.08 Å². The minimum atomic E-state index is -1.78. The van der Waals surface area contributed by atoms with E-state index in [2.05, 4.69) is 0 Å². The first-order chi connectivity index (χ1) is 14.0. The summed E-state index contributed by atoms with van der Waals surface area (Å²) in [7, 11) is 0. The maximum absolute atomic E-state index is 13.5. The molecule has 0 radical (unpaired) electrons. The fourth-order valence-corrected chi connectivity index (χ4v) is 6.90. The molecule has 0 aliphatic heterocycles. The average molecular weight is 419 g/mol. The molecule has 30 heavy (non-hydrogen) atoms. The van der Waals surface area contributed by atoms with E-state index in [0.717, 1.165) is 6.08 Å². The predicted molar refractivity (Wildman–Crippen MR) is 101 cm³/mol. The van der Waals surface area contributed by atoms with Crippen molar-refractivity contribution in [3.63, 3.8) is 0 Å². The van der Waals surface area contributed by atoms with Crippen molar-refractivity contribution in [2.75, 3.05) is 6.61 Å². The normalized spacial score (nSPS) is 42.5. The molecular formula is C21H25NO8. The summed E-state index contributed by atoms with van der Waals surface area (Å²) in [6.07, 6.45) is 4.14. The lowest BCUT2D eigenvalue weighted by atomic mass is 9.46. The molecule has 4 aliphatic rings. The predicted octanol–water partition coefficient (Wildman–Crippen LogP) is 1.30. The number of ketones is 3. The van der Waals surface area contributed by atoms with E-state index in [1.807, 2.05) is 0 Å². The SMILES string of the molecule is C[C@@]12C(=CC(=O)C=C1O[N+](=O)[O-])CC[C@@H]1[C@@H]2C(=O)C[C@@]2(C)[C@H]1CC[C@]2(O)C(=O)CO. The summed E-state index contributed by atoms with van der Waals surface area (Å²) in [6, 6.07) is 0. The Morgan fingerprint density at radius 3 is 2.63 bits per heavy atom. The van der Waals surface area contributed by atoms with E-state index in [4.69, 9.17) is 4.84 Å². The van der Waals surface area contributed by atoms with Crippen LogP contribution in [0, 0.1) is 38.7 Å². The van der Waals surface area contributed by atoms with E-state index < -0.39 is 45.6 Å². The van der Waals surface area contributed by atoms with Crippen LogP contribution in [0.25, 0.3) is 0 Å². The van der Waals surface area contributed by atoms with Crippen molar-refractivity contribution in [1.29, 1.82) is 0 Å². The largest absolute Gasteiger partial charge is 0.388 e. The second kappa shape index (κ2) is 6.55. The Labute approximate surface area is 172 Å². The van der Waals surface area contributed by atoms with Gasteiger partial charge in [-0.1, -0.05) is 12.5 Å². The fraction of sp³-hybridized carbons (Fsp3) is 0.667. The summed E-state index contributed by atoms with van der Waals surface area (Å²) in [5.74, 6) is -2.50. The summed E-state index contributed by atoms with van der Waals surface area (Å²) >= 11 is 0. The Bertz CT molecular complexity index is 922. The summed E-state index contributed by atoms with van der Waals surface area (Å²) in [4.78, 5) is 53.9. The fourth-order valence-electron chi connectivity index (χ4n) is 6.90. The number of carbonyl (C=O) groups is 3. The molecule has 6 atom stereocenters. The molecule has 3 saturated carbocycles. The van der Waals surface area contributed by atoms with Crippen LogP contribution < -0.4 is 0 Å². The zero-order valence-electron chi connectivity index (χ0n) is 16.9. The molecule has 0 bridgehead atoms. The molecule has 3 fully saturated rings. The van der Waals surface area contributed by atoms with Gasteiger partial charge in [0, 0.05) is 29.2 Å². The van der Waals surface area contributed by atoms with Crippen LogP contribution in [0.5, 0.6) is 0 Å². The van der Waals surface area contributed by atoms with Crippen molar-refractivity contribution < 1.29 is 34.5 Å². The van der Waals surface area contributed by atoms with E-state index in [0.29, 0.717) is 24.8 Å². The van der Waals surface area contributed by atoms with Crippen LogP contribution in [0.3, 0.4) is 0 Å². The first-order valence-electron chi connectivity index (χ1n) is 10.2. The first kappa shape index (κ1) is 20.9. The number of rotatable bonds is 4. The van der Waals surface area contributed by atoms with E-state index in [1.54, 1.807) is 13.8 Å². The lowest BCUT2D eigenvalue weighted by Gasteiger charge is -2.57. The molecule has 4 rings (SSSR count). The van der Waals surface area contributed by atoms with Gasteiger partial charge in [0.05, 0.1) is 0 Å². The number of fused-ring (bicyclic) bond motifs is 5. The zero-order chi connectivity index (χ0) is 22.1. The molecule has 2 N–H and O–H groups in total. The molecule has 0 spiro atoms. The summed E-state index contributed by atoms with van der Waals surface area (Å²) < 4.78 is 0. The molecule has 162 valence electrons. The zero-order valence-corrected chi connectivity index (χ0v) is 16.9. The highest BCUT2D eigenvalue weighted by Crippen LogP contribution is 2.67. The molecule has 0 unspecified atom stereocenters. The number of allylic oxidation sites excluding steroid dienone is 3. The summed E-state index contributed by atoms with van der Waals surface area (Å²) in [6.45, 7) is 2.64. The van der Waals surface area contributed by atoms with Crippen molar-refractivity contribution in [2.45, 2.75) is 51.6 Å². The third-order valence-corrected chi connectivity index (χ3v) is 8.33. The van der Waals surface area contributed by atoms with Crippen LogP contribution in [0.1, 0.15) is 46.0 Å². The average Bonchev–Trinajstić information content (AvgIpc) is 2.93. The second-order valence-corrected chi connectivity index (χ2v) is 9.43. The van der Waals surface area contributed by atoms with Gasteiger partial charge in [0.25, 0.3) is 5.09 Å². The van der Waals surface area contributed by atoms with Crippen LogP contribution in [0.2, 0.25) is 0 Å². The highest BCUT2D eigenvalue weighted by atomic mass is 17.0. The van der Waals surface area contributed by atoms with E-state index in [-0.39, 0.29) is 36.2 Å². The quantitative estimate of drug-likeness (QED) is 0.512. The van der Waals surface area contributed by atoms with Gasteiger partial charge in [0.1, 0.15) is 23.8 Å². The summed E-state index contributed by atoms with van der Waals surface area (Å²) in [5.41, 5.74) is -3.27. The molecule has 0 aromatic carbocycles. The van der Waals surface area contributed by atoms with Gasteiger partial charge in [-0.05, 0) is 50.5 Å². The van der Waals surface area contributed by atoms with Crippen molar-refractivity contribution in [2.24, 2.45) is 28.6 Å². The number of aliphatic hydroxyl groups excluding tert-OH is 1. The van der Waals surface area contributed by atoms with Gasteiger partial charge >= 0.3 is 0 Å². The summed E-state index contributed by atoms with van der Waals surface area (Å²) in [5, 5.41) is 30.7. The number of aliphatic hydroxyl groups is 2. The van der Waals surface area contributed by atoms with Gasteiger partial charge in [-0.2, -0.15) is 0 Å². The minimum absolute atomic E-state index is 0.0797. The maximum atomic E-state index is 13.5. The number of Topliss-reactive ketones (excluding diaryl/α,β-unsaturated/α-hetero) is 2. The molecule has 9 nitrogen and oxygen atoms in total. The van der Waals surface area contributed by atoms with Gasteiger partial charge in [0.2, 0.25) is 0 Å². The third kappa shape index (κ3) is 2.51. The highest BCUT2D eigenvalue weighted by molar-refractivity contribution is 6.02. The molecular weight excluding hydrogens is 394 g/mol. The van der Waals surface area contributed by atoms with Crippen molar-refractivity contribution in [1.82, 2.24) is 0 Å². The van der Waals surface area contributed by atoms with Gasteiger partial charge in [0.15, 0.2) is 11.6 Å². The van der Waals surface area contributed by atoms with Gasteiger partial charge in [-0.15, -0.1) is 10.1 Å². The first-order valence-corrected chi connectivity index (χ1v) is 10.2. The van der Waals surface area contributed by atoms with E-state index in [9.17, 15) is 34.7 Å². The topological polar surface area (TPSA) is 144 Å². The number of carbonyl (C=O) groups excluding carboxylic acids is 3. The van der Waals surface area contributed by atoms with Gasteiger partial charge < -0.3 is 10.2 Å². The second-order valence-electron chi connectivity index (χ2n) is 9.43. The smallest absolute Gasteiger partial charge is 0.299 e. The standard InChI is InChI=1S/C21H25NO8/c1-19-9-15(25)18-13(14(19)5-6-21(19,27)16(26)10-23)4-3-11-7-12(24)8-17(20(11,18)2)30-22(28)29/h7-8,13-14,18,23,27H,3-6,9-10H2,1-2H3/t13-,14-,18+,19-,20+,21-/m0/s1. The lowest BCUT2D eigenvalue weighted by molar-refractivity contribution is -0.745. The molecule has 0 aromatic rings. The Morgan fingerprint density at radius 2 is 2.00 bits per heavy atom. The van der Waals surface area contributed by atoms with Crippen molar-refractivity contribution in [3.05, 3.63) is 33.6 Å². The van der Waals surface area contributed by atoms with Crippen LogP contribution in [0.15, 0.2) is 23.5 Å². The Kier molecular flexibility index (Phi) is 4.56. The van der Waals surface area contributed by atoms with Crippen LogP contribution >= 0.6 is 0 Å².